The zero-order valence-electron chi connectivity index (χ0n) is 10.0. The largest absolute Gasteiger partial charge is 0.366 e. The number of carbonyl (C=O) groups excluding carboxylic acids is 2. The van der Waals surface area contributed by atoms with Crippen LogP contribution in [-0.4, -0.2) is 11.7 Å². The number of carbonyl (C=O) groups is 2. The topological polar surface area (TPSA) is 60.2 Å². The quantitative estimate of drug-likeness (QED) is 0.835. The smallest absolute Gasteiger partial charge is 0.248 e. The minimum Gasteiger partial charge on any atom is -0.366 e. The van der Waals surface area contributed by atoms with Crippen molar-refractivity contribution in [1.29, 1.82) is 0 Å². The molecule has 0 bridgehead atoms. The molecule has 90 valence electrons. The predicted molar refractivity (Wildman–Crippen MR) is 69.6 cm³/mol. The first-order valence-corrected chi connectivity index (χ1v) is 5.60. The zero-order valence-corrected chi connectivity index (χ0v) is 10.0. The summed E-state index contributed by atoms with van der Waals surface area (Å²) < 4.78 is 0. The highest BCUT2D eigenvalue weighted by atomic mass is 16.1. The van der Waals surface area contributed by atoms with Crippen LogP contribution < -0.4 is 5.73 Å². The second kappa shape index (κ2) is 4.84. The number of nitrogens with two attached hydrogens (primary N) is 1. The van der Waals surface area contributed by atoms with Crippen LogP contribution in [0.2, 0.25) is 0 Å². The molecular formula is C15H13NO2. The Labute approximate surface area is 105 Å². The van der Waals surface area contributed by atoms with Gasteiger partial charge >= 0.3 is 0 Å². The molecule has 2 aromatic carbocycles. The fourth-order valence-electron chi connectivity index (χ4n) is 1.89. The highest BCUT2D eigenvalue weighted by molar-refractivity contribution is 6.11. The average molecular weight is 239 g/mol. The fraction of sp³-hybridized carbons (Fsp3) is 0.0667. The number of benzene rings is 2. The molecule has 0 saturated carbocycles. The lowest BCUT2D eigenvalue weighted by atomic mass is 9.95. The molecule has 3 nitrogen and oxygen atoms in total. The van der Waals surface area contributed by atoms with E-state index < -0.39 is 5.91 Å². The number of hydrogen-bond donors (Lipinski definition) is 1. The van der Waals surface area contributed by atoms with Crippen LogP contribution in [0.4, 0.5) is 0 Å². The molecule has 2 rings (SSSR count). The molecule has 0 atom stereocenters. The normalized spacial score (nSPS) is 10.1. The Morgan fingerprint density at radius 3 is 2.11 bits per heavy atom. The summed E-state index contributed by atoms with van der Waals surface area (Å²) in [5, 5.41) is 0. The number of amides is 1. The van der Waals surface area contributed by atoms with E-state index in [2.05, 4.69) is 0 Å². The van der Waals surface area contributed by atoms with Gasteiger partial charge in [-0.3, -0.25) is 9.59 Å². The molecule has 0 aromatic heterocycles. The van der Waals surface area contributed by atoms with Gasteiger partial charge in [0.2, 0.25) is 5.91 Å². The van der Waals surface area contributed by atoms with Crippen molar-refractivity contribution in [3.05, 3.63) is 70.8 Å². The van der Waals surface area contributed by atoms with E-state index in [0.717, 1.165) is 0 Å². The molecule has 0 saturated heterocycles. The van der Waals surface area contributed by atoms with Gasteiger partial charge in [0.15, 0.2) is 5.78 Å². The molecule has 0 aliphatic rings. The summed E-state index contributed by atoms with van der Waals surface area (Å²) in [7, 11) is 0. The monoisotopic (exact) mass is 239 g/mol. The Balaban J connectivity index is 2.50. The SMILES string of the molecule is Cc1c(C(N)=O)cccc1C(=O)c1ccccc1. The van der Waals surface area contributed by atoms with E-state index in [9.17, 15) is 9.59 Å². The number of rotatable bonds is 3. The van der Waals surface area contributed by atoms with Crippen molar-refractivity contribution < 1.29 is 9.59 Å². The van der Waals surface area contributed by atoms with E-state index >= 15 is 0 Å². The van der Waals surface area contributed by atoms with Gasteiger partial charge in [0, 0.05) is 16.7 Å². The van der Waals surface area contributed by atoms with E-state index in [0.29, 0.717) is 22.3 Å². The summed E-state index contributed by atoms with van der Waals surface area (Å²) in [6.07, 6.45) is 0. The molecule has 1 amide bonds. The maximum atomic E-state index is 12.3. The molecule has 2 N–H and O–H groups in total. The van der Waals surface area contributed by atoms with Gasteiger partial charge in [-0.2, -0.15) is 0 Å². The van der Waals surface area contributed by atoms with E-state index in [1.807, 2.05) is 6.07 Å². The Kier molecular flexibility index (Phi) is 3.24. The number of ketones is 1. The minimum atomic E-state index is -0.518. The maximum absolute atomic E-state index is 12.3. The zero-order chi connectivity index (χ0) is 13.1. The molecule has 18 heavy (non-hydrogen) atoms. The highest BCUT2D eigenvalue weighted by Crippen LogP contribution is 2.17. The van der Waals surface area contributed by atoms with E-state index in [-0.39, 0.29) is 5.78 Å². The first kappa shape index (κ1) is 12.0. The molecular weight excluding hydrogens is 226 g/mol. The number of hydrogen-bond acceptors (Lipinski definition) is 2. The summed E-state index contributed by atoms with van der Waals surface area (Å²) >= 11 is 0. The third-order valence-electron chi connectivity index (χ3n) is 2.88. The lowest BCUT2D eigenvalue weighted by Crippen LogP contribution is -2.15. The van der Waals surface area contributed by atoms with Crippen LogP contribution in [0.1, 0.15) is 31.8 Å². The lowest BCUT2D eigenvalue weighted by Gasteiger charge is -2.08. The highest BCUT2D eigenvalue weighted by Gasteiger charge is 2.15. The Hall–Kier alpha value is -2.42. The van der Waals surface area contributed by atoms with E-state index in [1.54, 1.807) is 49.4 Å². The first-order chi connectivity index (χ1) is 8.61. The van der Waals surface area contributed by atoms with Gasteiger partial charge in [-0.25, -0.2) is 0 Å². The summed E-state index contributed by atoms with van der Waals surface area (Å²) in [4.78, 5) is 23.5. The van der Waals surface area contributed by atoms with Gasteiger partial charge in [0.05, 0.1) is 0 Å². The molecule has 0 radical (unpaired) electrons. The van der Waals surface area contributed by atoms with Crippen molar-refractivity contribution in [1.82, 2.24) is 0 Å². The summed E-state index contributed by atoms with van der Waals surface area (Å²) in [5.74, 6) is -0.619. The van der Waals surface area contributed by atoms with Gasteiger partial charge in [-0.15, -0.1) is 0 Å². The third kappa shape index (κ3) is 2.15. The molecule has 0 unspecified atom stereocenters. The van der Waals surface area contributed by atoms with Crippen molar-refractivity contribution in [2.45, 2.75) is 6.92 Å². The van der Waals surface area contributed by atoms with Gasteiger partial charge in [0.1, 0.15) is 0 Å². The van der Waals surface area contributed by atoms with E-state index in [4.69, 9.17) is 5.73 Å². The standard InChI is InChI=1S/C15H13NO2/c1-10-12(8-5-9-13(10)15(16)18)14(17)11-6-3-2-4-7-11/h2-9H,1H3,(H2,16,18). The van der Waals surface area contributed by atoms with Crippen LogP contribution in [0.15, 0.2) is 48.5 Å². The van der Waals surface area contributed by atoms with Crippen LogP contribution in [0.5, 0.6) is 0 Å². The molecule has 0 fully saturated rings. The van der Waals surface area contributed by atoms with Crippen molar-refractivity contribution in [3.8, 4) is 0 Å². The van der Waals surface area contributed by atoms with Gasteiger partial charge in [-0.1, -0.05) is 42.5 Å². The molecule has 0 heterocycles. The van der Waals surface area contributed by atoms with Gasteiger partial charge in [-0.05, 0) is 18.6 Å². The molecule has 0 spiro atoms. The van der Waals surface area contributed by atoms with Crippen molar-refractivity contribution in [2.24, 2.45) is 5.73 Å². The van der Waals surface area contributed by atoms with Crippen molar-refractivity contribution >= 4 is 11.7 Å². The van der Waals surface area contributed by atoms with Crippen LogP contribution in [0.25, 0.3) is 0 Å². The minimum absolute atomic E-state index is 0.101. The van der Waals surface area contributed by atoms with Crippen LogP contribution >= 0.6 is 0 Å². The second-order valence-electron chi connectivity index (χ2n) is 4.04. The Morgan fingerprint density at radius 1 is 0.889 bits per heavy atom. The molecule has 0 aliphatic carbocycles. The second-order valence-corrected chi connectivity index (χ2v) is 4.04. The van der Waals surface area contributed by atoms with Crippen molar-refractivity contribution in [2.75, 3.05) is 0 Å². The van der Waals surface area contributed by atoms with Crippen LogP contribution in [-0.2, 0) is 0 Å². The van der Waals surface area contributed by atoms with E-state index in [1.165, 1.54) is 0 Å². The summed E-state index contributed by atoms with van der Waals surface area (Å²) in [6.45, 7) is 1.73. The van der Waals surface area contributed by atoms with Gasteiger partial charge in [0.25, 0.3) is 0 Å². The molecule has 0 aliphatic heterocycles. The molecule has 3 heteroatoms. The summed E-state index contributed by atoms with van der Waals surface area (Å²) in [6, 6.07) is 14.0. The van der Waals surface area contributed by atoms with Crippen LogP contribution in [0.3, 0.4) is 0 Å². The first-order valence-electron chi connectivity index (χ1n) is 5.60. The molecule has 2 aromatic rings. The Bertz CT molecular complexity index is 603. The fourth-order valence-corrected chi connectivity index (χ4v) is 1.89. The van der Waals surface area contributed by atoms with Gasteiger partial charge < -0.3 is 5.73 Å². The third-order valence-corrected chi connectivity index (χ3v) is 2.88. The van der Waals surface area contributed by atoms with Crippen LogP contribution in [0, 0.1) is 6.92 Å². The predicted octanol–water partition coefficient (Wildman–Crippen LogP) is 2.32. The lowest BCUT2D eigenvalue weighted by molar-refractivity contribution is 0.0999. The maximum Gasteiger partial charge on any atom is 0.248 e. The Morgan fingerprint density at radius 2 is 1.50 bits per heavy atom. The average Bonchev–Trinajstić information content (AvgIpc) is 2.39. The summed E-state index contributed by atoms with van der Waals surface area (Å²) in [5.41, 5.74) is 7.39. The van der Waals surface area contributed by atoms with Crippen molar-refractivity contribution in [3.63, 3.8) is 0 Å². The number of primary amides is 1.